The number of nitro groups is 1. The molecule has 0 atom stereocenters. The van der Waals surface area contributed by atoms with E-state index in [9.17, 15) is 14.9 Å². The summed E-state index contributed by atoms with van der Waals surface area (Å²) in [6, 6.07) is 8.05. The summed E-state index contributed by atoms with van der Waals surface area (Å²) in [5, 5.41) is 10.8. The Bertz CT molecular complexity index is 699. The van der Waals surface area contributed by atoms with Crippen LogP contribution in [-0.2, 0) is 6.54 Å². The summed E-state index contributed by atoms with van der Waals surface area (Å²) in [7, 11) is 1.83. The first-order valence-electron chi connectivity index (χ1n) is 6.13. The van der Waals surface area contributed by atoms with Gasteiger partial charge in [0, 0.05) is 35.3 Å². The number of ketones is 1. The van der Waals surface area contributed by atoms with Gasteiger partial charge in [0.1, 0.15) is 0 Å². The van der Waals surface area contributed by atoms with Crippen LogP contribution in [0.5, 0.6) is 0 Å². The first kappa shape index (κ1) is 15.5. The number of benzene rings is 1. The molecule has 0 amide bonds. The lowest BCUT2D eigenvalue weighted by Crippen LogP contribution is -2.18. The van der Waals surface area contributed by atoms with E-state index in [-0.39, 0.29) is 11.5 Å². The number of anilines is 1. The fourth-order valence-corrected chi connectivity index (χ4v) is 3.15. The van der Waals surface area contributed by atoms with Gasteiger partial charge in [-0.25, -0.2) is 0 Å². The molecule has 2 aromatic rings. The second-order valence-corrected chi connectivity index (χ2v) is 6.38. The van der Waals surface area contributed by atoms with Crippen LogP contribution in [-0.4, -0.2) is 17.8 Å². The molecule has 0 saturated carbocycles. The van der Waals surface area contributed by atoms with Crippen LogP contribution in [0.1, 0.15) is 22.2 Å². The van der Waals surface area contributed by atoms with Crippen molar-refractivity contribution in [3.05, 3.63) is 55.2 Å². The highest BCUT2D eigenvalue weighted by Crippen LogP contribution is 2.28. The zero-order chi connectivity index (χ0) is 15.6. The maximum Gasteiger partial charge on any atom is 0.270 e. The van der Waals surface area contributed by atoms with E-state index in [1.165, 1.54) is 30.4 Å². The van der Waals surface area contributed by atoms with Crippen molar-refractivity contribution in [2.75, 3.05) is 11.9 Å². The number of nitrogens with zero attached hydrogens (tertiary/aromatic N) is 2. The lowest BCUT2D eigenvalue weighted by atomic mass is 10.1. The van der Waals surface area contributed by atoms with E-state index in [0.29, 0.717) is 22.1 Å². The largest absolute Gasteiger partial charge is 0.369 e. The fourth-order valence-electron chi connectivity index (χ4n) is 2.01. The molecule has 0 unspecified atom stereocenters. The number of Topliss-reactive ketones (excluding diaryl/α,β-unsaturated/α-hetero) is 1. The van der Waals surface area contributed by atoms with Gasteiger partial charge in [-0.15, -0.1) is 11.3 Å². The summed E-state index contributed by atoms with van der Waals surface area (Å²) >= 11 is 7.36. The zero-order valence-corrected chi connectivity index (χ0v) is 13.1. The zero-order valence-electron chi connectivity index (χ0n) is 11.5. The molecule has 0 fully saturated rings. The van der Waals surface area contributed by atoms with Crippen LogP contribution < -0.4 is 4.90 Å². The van der Waals surface area contributed by atoms with Crippen LogP contribution in [0.15, 0.2) is 30.3 Å². The lowest BCUT2D eigenvalue weighted by molar-refractivity contribution is -0.384. The average molecular weight is 325 g/mol. The highest BCUT2D eigenvalue weighted by Gasteiger charge is 2.17. The third-order valence-electron chi connectivity index (χ3n) is 3.00. The van der Waals surface area contributed by atoms with Gasteiger partial charge in [-0.05, 0) is 25.1 Å². The Kier molecular flexibility index (Phi) is 4.59. The normalized spacial score (nSPS) is 10.4. The second kappa shape index (κ2) is 6.24. The molecule has 0 bridgehead atoms. The molecule has 0 aliphatic carbocycles. The number of non-ortho nitro benzene ring substituents is 1. The molecular weight excluding hydrogens is 312 g/mol. The summed E-state index contributed by atoms with van der Waals surface area (Å²) in [4.78, 5) is 25.0. The Morgan fingerprint density at radius 3 is 2.62 bits per heavy atom. The van der Waals surface area contributed by atoms with Gasteiger partial charge in [0.15, 0.2) is 5.78 Å². The molecule has 7 heteroatoms. The first-order valence-corrected chi connectivity index (χ1v) is 7.32. The Morgan fingerprint density at radius 2 is 2.10 bits per heavy atom. The van der Waals surface area contributed by atoms with Gasteiger partial charge in [0.25, 0.3) is 5.69 Å². The molecule has 0 N–H and O–H groups in total. The van der Waals surface area contributed by atoms with E-state index in [4.69, 9.17) is 11.6 Å². The maximum absolute atomic E-state index is 11.7. The molecular formula is C14H13ClN2O3S. The van der Waals surface area contributed by atoms with E-state index in [0.717, 1.165) is 4.88 Å². The predicted molar refractivity (Wildman–Crippen MR) is 84.5 cm³/mol. The molecule has 21 heavy (non-hydrogen) atoms. The van der Waals surface area contributed by atoms with Crippen molar-refractivity contribution < 1.29 is 9.72 Å². The topological polar surface area (TPSA) is 63.4 Å². The van der Waals surface area contributed by atoms with Crippen molar-refractivity contribution in [3.63, 3.8) is 0 Å². The molecule has 0 aliphatic heterocycles. The summed E-state index contributed by atoms with van der Waals surface area (Å²) in [5.41, 5.74) is 0.920. The number of rotatable bonds is 5. The fraction of sp³-hybridized carbons (Fsp3) is 0.214. The van der Waals surface area contributed by atoms with Crippen molar-refractivity contribution >= 4 is 40.1 Å². The SMILES string of the molecule is CC(=O)c1cc([N+](=O)[O-])ccc1N(C)Cc1ccc(Cl)s1. The molecule has 1 heterocycles. The Morgan fingerprint density at radius 1 is 1.38 bits per heavy atom. The predicted octanol–water partition coefficient (Wildman–Crippen LogP) is 4.15. The summed E-state index contributed by atoms with van der Waals surface area (Å²) in [6.45, 7) is 1.98. The average Bonchev–Trinajstić information content (AvgIpc) is 2.83. The number of carbonyl (C=O) groups excluding carboxylic acids is 1. The van der Waals surface area contributed by atoms with Gasteiger partial charge < -0.3 is 4.90 Å². The van der Waals surface area contributed by atoms with Gasteiger partial charge in [0.2, 0.25) is 0 Å². The quantitative estimate of drug-likeness (QED) is 0.471. The summed E-state index contributed by atoms with van der Waals surface area (Å²) in [6.07, 6.45) is 0. The van der Waals surface area contributed by atoms with E-state index in [2.05, 4.69) is 0 Å². The Balaban J connectivity index is 2.33. The van der Waals surface area contributed by atoms with Crippen molar-refractivity contribution in [1.29, 1.82) is 0 Å². The molecule has 1 aromatic carbocycles. The van der Waals surface area contributed by atoms with Gasteiger partial charge in [0.05, 0.1) is 15.8 Å². The van der Waals surface area contributed by atoms with Crippen LogP contribution in [0.2, 0.25) is 4.34 Å². The van der Waals surface area contributed by atoms with E-state index < -0.39 is 4.92 Å². The third-order valence-corrected chi connectivity index (χ3v) is 4.22. The van der Waals surface area contributed by atoms with E-state index >= 15 is 0 Å². The highest BCUT2D eigenvalue weighted by atomic mass is 35.5. The Labute approximate surface area is 130 Å². The van der Waals surface area contributed by atoms with Crippen LogP contribution in [0, 0.1) is 10.1 Å². The smallest absolute Gasteiger partial charge is 0.270 e. The molecule has 110 valence electrons. The molecule has 2 rings (SSSR count). The number of thiophene rings is 1. The Hall–Kier alpha value is -1.92. The van der Waals surface area contributed by atoms with Crippen LogP contribution in [0.25, 0.3) is 0 Å². The van der Waals surface area contributed by atoms with Crippen LogP contribution in [0.3, 0.4) is 0 Å². The number of nitro benzene ring substituents is 1. The number of carbonyl (C=O) groups is 1. The highest BCUT2D eigenvalue weighted by molar-refractivity contribution is 7.16. The molecule has 0 spiro atoms. The summed E-state index contributed by atoms with van der Waals surface area (Å²) in [5.74, 6) is -0.204. The number of halogens is 1. The number of hydrogen-bond acceptors (Lipinski definition) is 5. The van der Waals surface area contributed by atoms with Gasteiger partial charge in [-0.1, -0.05) is 11.6 Å². The van der Waals surface area contributed by atoms with Gasteiger partial charge >= 0.3 is 0 Å². The number of hydrogen-bond donors (Lipinski definition) is 0. The van der Waals surface area contributed by atoms with Crippen molar-refractivity contribution in [2.24, 2.45) is 0 Å². The second-order valence-electron chi connectivity index (χ2n) is 4.58. The van der Waals surface area contributed by atoms with Gasteiger partial charge in [-0.2, -0.15) is 0 Å². The molecule has 0 saturated heterocycles. The third kappa shape index (κ3) is 3.59. The summed E-state index contributed by atoms with van der Waals surface area (Å²) < 4.78 is 0.703. The molecule has 0 radical (unpaired) electrons. The minimum absolute atomic E-state index is 0.0866. The lowest BCUT2D eigenvalue weighted by Gasteiger charge is -2.20. The van der Waals surface area contributed by atoms with E-state index in [1.54, 1.807) is 6.07 Å². The first-order chi connectivity index (χ1) is 9.88. The van der Waals surface area contributed by atoms with E-state index in [1.807, 2.05) is 24.1 Å². The van der Waals surface area contributed by atoms with Crippen LogP contribution in [0.4, 0.5) is 11.4 Å². The molecule has 1 aromatic heterocycles. The minimum atomic E-state index is -0.505. The maximum atomic E-state index is 11.7. The van der Waals surface area contributed by atoms with Crippen LogP contribution >= 0.6 is 22.9 Å². The molecule has 0 aliphatic rings. The van der Waals surface area contributed by atoms with Crippen molar-refractivity contribution in [2.45, 2.75) is 13.5 Å². The minimum Gasteiger partial charge on any atom is -0.369 e. The monoisotopic (exact) mass is 324 g/mol. The molecule has 5 nitrogen and oxygen atoms in total. The van der Waals surface area contributed by atoms with Gasteiger partial charge in [-0.3, -0.25) is 14.9 Å². The van der Waals surface area contributed by atoms with Crippen molar-refractivity contribution in [1.82, 2.24) is 0 Å². The van der Waals surface area contributed by atoms with Crippen molar-refractivity contribution in [3.8, 4) is 0 Å². The standard InChI is InChI=1S/C14H13ClN2O3S/c1-9(18)12-7-10(17(19)20)3-5-13(12)16(2)8-11-4-6-14(15)21-11/h3-7H,8H2,1-2H3.